The largest absolute Gasteiger partial charge is 0.383 e. The van der Waals surface area contributed by atoms with Crippen LogP contribution in [0, 0.1) is 0 Å². The lowest BCUT2D eigenvalue weighted by Crippen LogP contribution is -2.49. The number of hydrogen-bond acceptors (Lipinski definition) is 4. The number of ether oxygens (including phenoxy) is 1. The van der Waals surface area contributed by atoms with Crippen LogP contribution in [0.25, 0.3) is 0 Å². The number of nitrogens with zero attached hydrogens (tertiary/aromatic N) is 2. The van der Waals surface area contributed by atoms with Crippen molar-refractivity contribution in [2.45, 2.75) is 45.6 Å². The molecule has 1 heterocycles. The number of carbonyl (C=O) groups excluding carboxylic acids is 1. The van der Waals surface area contributed by atoms with E-state index in [4.69, 9.17) is 4.74 Å². The summed E-state index contributed by atoms with van der Waals surface area (Å²) < 4.78 is 4.91. The van der Waals surface area contributed by atoms with E-state index in [1.54, 1.807) is 7.11 Å². The maximum Gasteiger partial charge on any atom is 0.241 e. The van der Waals surface area contributed by atoms with Gasteiger partial charge in [-0.15, -0.1) is 24.0 Å². The lowest BCUT2D eigenvalue weighted by Gasteiger charge is -2.33. The first kappa shape index (κ1) is 24.4. The van der Waals surface area contributed by atoms with Crippen LogP contribution in [0.15, 0.2) is 4.99 Å². The molecule has 1 aliphatic rings. The average molecular weight is 469 g/mol. The van der Waals surface area contributed by atoms with Crippen molar-refractivity contribution < 1.29 is 9.53 Å². The van der Waals surface area contributed by atoms with Gasteiger partial charge in [0.25, 0.3) is 0 Å². The molecule has 1 saturated heterocycles. The van der Waals surface area contributed by atoms with Crippen molar-refractivity contribution >= 4 is 35.8 Å². The van der Waals surface area contributed by atoms with E-state index in [1.807, 2.05) is 6.92 Å². The molecule has 0 spiro atoms. The Morgan fingerprint density at radius 1 is 1.24 bits per heavy atom. The molecule has 0 bridgehead atoms. The molecular formula is C17H36IN5O2. The number of likely N-dealkylation sites (tertiary alicyclic amines) is 1. The van der Waals surface area contributed by atoms with E-state index in [2.05, 4.69) is 32.8 Å². The van der Waals surface area contributed by atoms with Gasteiger partial charge in [0, 0.05) is 39.3 Å². The van der Waals surface area contributed by atoms with Crippen LogP contribution < -0.4 is 16.0 Å². The summed E-state index contributed by atoms with van der Waals surface area (Å²) in [5.74, 6) is 0.644. The average Bonchev–Trinajstić information content (AvgIpc) is 2.59. The molecule has 0 aromatic heterocycles. The third-order valence-electron chi connectivity index (χ3n) is 4.11. The molecule has 0 atom stereocenters. The maximum atomic E-state index is 11.7. The molecule has 1 aliphatic heterocycles. The van der Waals surface area contributed by atoms with Gasteiger partial charge in [-0.2, -0.15) is 0 Å². The molecule has 0 aliphatic carbocycles. The van der Waals surface area contributed by atoms with Crippen molar-refractivity contribution in [1.29, 1.82) is 0 Å². The highest BCUT2D eigenvalue weighted by molar-refractivity contribution is 14.0. The van der Waals surface area contributed by atoms with Crippen molar-refractivity contribution in [3.8, 4) is 0 Å². The lowest BCUT2D eigenvalue weighted by molar-refractivity contribution is -0.119. The number of hydrogen-bond donors (Lipinski definition) is 3. The molecule has 148 valence electrons. The van der Waals surface area contributed by atoms with E-state index in [0.717, 1.165) is 38.4 Å². The zero-order valence-electron chi connectivity index (χ0n) is 16.0. The number of guanidine groups is 1. The molecule has 0 aromatic carbocycles. The van der Waals surface area contributed by atoms with E-state index in [-0.39, 0.29) is 36.4 Å². The van der Waals surface area contributed by atoms with E-state index >= 15 is 0 Å². The summed E-state index contributed by atoms with van der Waals surface area (Å²) in [5, 5.41) is 9.46. The van der Waals surface area contributed by atoms with Crippen LogP contribution in [0.4, 0.5) is 0 Å². The number of aliphatic imine (C=N–C) groups is 1. The number of methoxy groups -OCH3 is 1. The van der Waals surface area contributed by atoms with Crippen LogP contribution in [0.3, 0.4) is 0 Å². The molecule has 1 fully saturated rings. The zero-order valence-corrected chi connectivity index (χ0v) is 18.3. The topological polar surface area (TPSA) is 78.0 Å². The number of carbonyl (C=O) groups is 1. The molecule has 1 rings (SSSR count). The lowest BCUT2D eigenvalue weighted by atomic mass is 10.0. The summed E-state index contributed by atoms with van der Waals surface area (Å²) in [6.07, 6.45) is 4.77. The Balaban J connectivity index is 0.00000576. The quantitative estimate of drug-likeness (QED) is 0.194. The van der Waals surface area contributed by atoms with Crippen LogP contribution in [0.5, 0.6) is 0 Å². The van der Waals surface area contributed by atoms with E-state index in [1.165, 1.54) is 19.4 Å². The highest BCUT2D eigenvalue weighted by Crippen LogP contribution is 2.11. The maximum absolute atomic E-state index is 11.7. The number of piperidine rings is 1. The number of rotatable bonds is 10. The Morgan fingerprint density at radius 2 is 1.96 bits per heavy atom. The minimum Gasteiger partial charge on any atom is -0.383 e. The predicted molar refractivity (Wildman–Crippen MR) is 114 cm³/mol. The van der Waals surface area contributed by atoms with Crippen LogP contribution >= 0.6 is 24.0 Å². The SMILES string of the molecule is CCCCN1CCC(NC(=NCC(=O)NCCOC)NCC)CC1.I. The highest BCUT2D eigenvalue weighted by Gasteiger charge is 2.19. The van der Waals surface area contributed by atoms with Crippen LogP contribution in [-0.2, 0) is 9.53 Å². The Bertz CT molecular complexity index is 374. The minimum atomic E-state index is -0.0846. The summed E-state index contributed by atoms with van der Waals surface area (Å²) in [6, 6.07) is 0.428. The summed E-state index contributed by atoms with van der Waals surface area (Å²) in [4.78, 5) is 18.6. The number of amides is 1. The van der Waals surface area contributed by atoms with Crippen molar-refractivity contribution in [3.63, 3.8) is 0 Å². The monoisotopic (exact) mass is 469 g/mol. The van der Waals surface area contributed by atoms with Crippen molar-refractivity contribution in [2.75, 3.05) is 53.0 Å². The number of halogens is 1. The normalized spacial score (nSPS) is 16.2. The first-order chi connectivity index (χ1) is 11.7. The molecule has 25 heavy (non-hydrogen) atoms. The summed E-state index contributed by atoms with van der Waals surface area (Å²) in [6.45, 7) is 9.70. The standard InChI is InChI=1S/C17H35N5O2.HI/c1-4-6-10-22-11-7-15(8-12-22)21-17(18-5-2)20-14-16(23)19-9-13-24-3;/h15H,4-14H2,1-3H3,(H,19,23)(H2,18,20,21);1H. The molecular weight excluding hydrogens is 433 g/mol. The molecule has 8 heteroatoms. The molecule has 0 aromatic rings. The van der Waals surface area contributed by atoms with Gasteiger partial charge in [0.15, 0.2) is 5.96 Å². The first-order valence-corrected chi connectivity index (χ1v) is 9.22. The fourth-order valence-corrected chi connectivity index (χ4v) is 2.70. The van der Waals surface area contributed by atoms with Crippen LogP contribution in [0.1, 0.15) is 39.5 Å². The van der Waals surface area contributed by atoms with Gasteiger partial charge >= 0.3 is 0 Å². The molecule has 3 N–H and O–H groups in total. The van der Waals surface area contributed by atoms with Gasteiger partial charge in [0.2, 0.25) is 5.91 Å². The third kappa shape index (κ3) is 11.6. The van der Waals surface area contributed by atoms with Crippen molar-refractivity contribution in [1.82, 2.24) is 20.9 Å². The van der Waals surface area contributed by atoms with E-state index in [0.29, 0.717) is 19.2 Å². The van der Waals surface area contributed by atoms with E-state index < -0.39 is 0 Å². The Hall–Kier alpha value is -0.610. The molecule has 7 nitrogen and oxygen atoms in total. The second-order valence-electron chi connectivity index (χ2n) is 6.15. The number of unbranched alkanes of at least 4 members (excludes halogenated alkanes) is 1. The summed E-state index contributed by atoms with van der Waals surface area (Å²) in [5.41, 5.74) is 0. The fourth-order valence-electron chi connectivity index (χ4n) is 2.70. The summed E-state index contributed by atoms with van der Waals surface area (Å²) in [7, 11) is 1.62. The van der Waals surface area contributed by atoms with E-state index in [9.17, 15) is 4.79 Å². The van der Waals surface area contributed by atoms with Gasteiger partial charge in [-0.1, -0.05) is 13.3 Å². The Labute approximate surface area is 169 Å². The molecule has 0 unspecified atom stereocenters. The van der Waals surface area contributed by atoms with Gasteiger partial charge in [0.1, 0.15) is 6.54 Å². The fraction of sp³-hybridized carbons (Fsp3) is 0.882. The molecule has 0 saturated carbocycles. The molecule has 1 amide bonds. The second-order valence-corrected chi connectivity index (χ2v) is 6.15. The van der Waals surface area contributed by atoms with Gasteiger partial charge in [-0.25, -0.2) is 4.99 Å². The summed E-state index contributed by atoms with van der Waals surface area (Å²) >= 11 is 0. The number of nitrogens with one attached hydrogen (secondary N) is 3. The molecule has 0 radical (unpaired) electrons. The van der Waals surface area contributed by atoms with Crippen molar-refractivity contribution in [2.24, 2.45) is 4.99 Å². The van der Waals surface area contributed by atoms with Gasteiger partial charge in [-0.3, -0.25) is 4.79 Å². The van der Waals surface area contributed by atoms with Gasteiger partial charge in [0.05, 0.1) is 6.61 Å². The van der Waals surface area contributed by atoms with Gasteiger partial charge in [-0.05, 0) is 32.7 Å². The first-order valence-electron chi connectivity index (χ1n) is 9.22. The predicted octanol–water partition coefficient (Wildman–Crippen LogP) is 1.19. The smallest absolute Gasteiger partial charge is 0.241 e. The van der Waals surface area contributed by atoms with Crippen molar-refractivity contribution in [3.05, 3.63) is 0 Å². The Morgan fingerprint density at radius 3 is 2.56 bits per heavy atom. The van der Waals surface area contributed by atoms with Crippen LogP contribution in [-0.4, -0.2) is 75.8 Å². The Kier molecular flexibility index (Phi) is 15.2. The highest BCUT2D eigenvalue weighted by atomic mass is 127. The second kappa shape index (κ2) is 15.6. The third-order valence-corrected chi connectivity index (χ3v) is 4.11. The van der Waals surface area contributed by atoms with Gasteiger partial charge < -0.3 is 25.6 Å². The zero-order chi connectivity index (χ0) is 17.6. The minimum absolute atomic E-state index is 0. The van der Waals surface area contributed by atoms with Crippen LogP contribution in [0.2, 0.25) is 0 Å².